The van der Waals surface area contributed by atoms with Gasteiger partial charge in [-0.05, 0) is 76.2 Å². The lowest BCUT2D eigenvalue weighted by Crippen LogP contribution is -2.40. The number of aliphatic hydroxyl groups is 1. The van der Waals surface area contributed by atoms with Gasteiger partial charge in [0.1, 0.15) is 43.7 Å². The summed E-state index contributed by atoms with van der Waals surface area (Å²) in [5, 5.41) is 30.5. The number of aliphatic hydroxyl groups excluding tert-OH is 1. The summed E-state index contributed by atoms with van der Waals surface area (Å²) in [6, 6.07) is 21.9. The number of hydrogen-bond donors (Lipinski definition) is 2. The summed E-state index contributed by atoms with van der Waals surface area (Å²) in [6.45, 7) is 4.89. The van der Waals surface area contributed by atoms with Gasteiger partial charge in [0.25, 0.3) is 0 Å². The Labute approximate surface area is 276 Å². The number of nitriles is 1. The van der Waals surface area contributed by atoms with Crippen molar-refractivity contribution in [2.24, 2.45) is 0 Å². The Bertz CT molecular complexity index is 1970. The van der Waals surface area contributed by atoms with Gasteiger partial charge in [0.2, 0.25) is 0 Å². The molecule has 5 aromatic rings. The minimum absolute atomic E-state index is 0.0687. The second-order valence-electron chi connectivity index (χ2n) is 11.0. The Morgan fingerprint density at radius 3 is 2.58 bits per heavy atom. The molecule has 1 aliphatic rings. The Morgan fingerprint density at radius 1 is 0.979 bits per heavy atom. The standard InChI is InChI=1S/C36H34N4O8/c1-3-43-36(42)29(19-41)38-18-28-31(46-20-24-7-4-6-23(14-24)17-37)16-33(35-34(28)39-48-40-35)47-21-26-8-5-9-27(22(26)2)25-10-11-30-32(15-25)45-13-12-44-30/h4-11,14-16,29,38,41H,3,12-13,18-21H2,1-2H3/t29-/m1/s1. The third kappa shape index (κ3) is 7.02. The first kappa shape index (κ1) is 32.3. The van der Waals surface area contributed by atoms with Crippen molar-refractivity contribution >= 4 is 17.0 Å². The molecule has 0 bridgehead atoms. The molecule has 0 saturated carbocycles. The number of carbonyl (C=O) groups is 1. The lowest BCUT2D eigenvalue weighted by molar-refractivity contribution is -0.146. The summed E-state index contributed by atoms with van der Waals surface area (Å²) in [5.74, 6) is 1.64. The first-order valence-electron chi connectivity index (χ1n) is 15.5. The Kier molecular flexibility index (Phi) is 9.99. The van der Waals surface area contributed by atoms with E-state index in [4.69, 9.17) is 28.3 Å². The predicted molar refractivity (Wildman–Crippen MR) is 174 cm³/mol. The molecule has 1 aromatic heterocycles. The van der Waals surface area contributed by atoms with Crippen LogP contribution in [0.2, 0.25) is 0 Å². The fourth-order valence-corrected chi connectivity index (χ4v) is 5.45. The molecule has 0 fully saturated rings. The summed E-state index contributed by atoms with van der Waals surface area (Å²) in [7, 11) is 0. The second-order valence-corrected chi connectivity index (χ2v) is 11.0. The quantitative estimate of drug-likeness (QED) is 0.164. The molecule has 12 nitrogen and oxygen atoms in total. The first-order chi connectivity index (χ1) is 23.5. The molecule has 0 amide bonds. The van der Waals surface area contributed by atoms with Crippen LogP contribution in [0, 0.1) is 18.3 Å². The number of nitrogens with one attached hydrogen (secondary N) is 1. The van der Waals surface area contributed by atoms with Crippen molar-refractivity contribution in [3.63, 3.8) is 0 Å². The summed E-state index contributed by atoms with van der Waals surface area (Å²) in [4.78, 5) is 12.4. The van der Waals surface area contributed by atoms with Crippen LogP contribution >= 0.6 is 0 Å². The molecule has 1 atom stereocenters. The normalized spacial score (nSPS) is 12.7. The number of nitrogens with zero attached hydrogens (tertiary/aromatic N) is 3. The van der Waals surface area contributed by atoms with Crippen molar-refractivity contribution in [1.29, 1.82) is 5.26 Å². The lowest BCUT2D eigenvalue weighted by Gasteiger charge is -2.20. The van der Waals surface area contributed by atoms with E-state index in [0.29, 0.717) is 46.9 Å². The topological polar surface area (TPSA) is 158 Å². The van der Waals surface area contributed by atoms with Crippen molar-refractivity contribution in [1.82, 2.24) is 15.6 Å². The zero-order valence-electron chi connectivity index (χ0n) is 26.5. The number of fused-ring (bicyclic) bond motifs is 2. The molecule has 1 aliphatic heterocycles. The van der Waals surface area contributed by atoms with Crippen molar-refractivity contribution in [3.05, 3.63) is 94.5 Å². The number of rotatable bonds is 13. The van der Waals surface area contributed by atoms with Crippen molar-refractivity contribution in [3.8, 4) is 40.2 Å². The van der Waals surface area contributed by atoms with E-state index in [0.717, 1.165) is 39.3 Å². The highest BCUT2D eigenvalue weighted by Gasteiger charge is 2.24. The number of esters is 1. The number of aromatic nitrogens is 2. The van der Waals surface area contributed by atoms with E-state index >= 15 is 0 Å². The molecule has 6 rings (SSSR count). The van der Waals surface area contributed by atoms with Crippen LogP contribution in [0.1, 0.15) is 34.7 Å². The molecule has 2 N–H and O–H groups in total. The van der Waals surface area contributed by atoms with Crippen molar-refractivity contribution < 1.29 is 38.2 Å². The average Bonchev–Trinajstić information content (AvgIpc) is 3.61. The van der Waals surface area contributed by atoms with Crippen LogP contribution in [0.3, 0.4) is 0 Å². The van der Waals surface area contributed by atoms with E-state index in [1.807, 2.05) is 43.3 Å². The van der Waals surface area contributed by atoms with E-state index in [1.54, 1.807) is 31.2 Å². The van der Waals surface area contributed by atoms with Gasteiger partial charge in [-0.25, -0.2) is 4.63 Å². The smallest absolute Gasteiger partial charge is 0.325 e. The zero-order valence-corrected chi connectivity index (χ0v) is 26.5. The molecule has 0 aliphatic carbocycles. The molecule has 0 radical (unpaired) electrons. The minimum Gasteiger partial charge on any atom is -0.488 e. The summed E-state index contributed by atoms with van der Waals surface area (Å²) in [5.41, 5.74) is 6.57. The lowest BCUT2D eigenvalue weighted by atomic mass is 9.96. The van der Waals surface area contributed by atoms with Crippen LogP contribution in [0.5, 0.6) is 23.0 Å². The van der Waals surface area contributed by atoms with E-state index < -0.39 is 18.6 Å². The molecule has 48 heavy (non-hydrogen) atoms. The number of benzene rings is 4. The Hall–Kier alpha value is -5.64. The molecular formula is C36H34N4O8. The number of ether oxygens (including phenoxy) is 5. The van der Waals surface area contributed by atoms with Crippen LogP contribution in [-0.4, -0.2) is 53.9 Å². The van der Waals surface area contributed by atoms with Gasteiger partial charge < -0.3 is 28.8 Å². The van der Waals surface area contributed by atoms with Crippen LogP contribution < -0.4 is 24.3 Å². The summed E-state index contributed by atoms with van der Waals surface area (Å²) in [6.07, 6.45) is 0. The maximum Gasteiger partial charge on any atom is 0.325 e. The summed E-state index contributed by atoms with van der Waals surface area (Å²) < 4.78 is 34.3. The highest BCUT2D eigenvalue weighted by molar-refractivity contribution is 5.86. The van der Waals surface area contributed by atoms with Crippen LogP contribution in [0.4, 0.5) is 0 Å². The van der Waals surface area contributed by atoms with Gasteiger partial charge in [0, 0.05) is 18.2 Å². The van der Waals surface area contributed by atoms with Gasteiger partial charge in [-0.3, -0.25) is 10.1 Å². The van der Waals surface area contributed by atoms with Crippen LogP contribution in [0.25, 0.3) is 22.2 Å². The van der Waals surface area contributed by atoms with E-state index in [2.05, 4.69) is 27.8 Å². The van der Waals surface area contributed by atoms with Gasteiger partial charge in [-0.1, -0.05) is 36.4 Å². The van der Waals surface area contributed by atoms with Crippen LogP contribution in [-0.2, 0) is 29.3 Å². The number of hydrogen-bond acceptors (Lipinski definition) is 12. The van der Waals surface area contributed by atoms with E-state index in [9.17, 15) is 15.2 Å². The highest BCUT2D eigenvalue weighted by atomic mass is 16.6. The molecule has 2 heterocycles. The summed E-state index contributed by atoms with van der Waals surface area (Å²) >= 11 is 0. The molecule has 246 valence electrons. The van der Waals surface area contributed by atoms with Crippen LogP contribution in [0.15, 0.2) is 71.4 Å². The third-order valence-corrected chi connectivity index (χ3v) is 7.98. The average molecular weight is 651 g/mol. The molecule has 12 heteroatoms. The van der Waals surface area contributed by atoms with Gasteiger partial charge in [0.05, 0.1) is 24.8 Å². The molecular weight excluding hydrogens is 616 g/mol. The van der Waals surface area contributed by atoms with Gasteiger partial charge in [-0.2, -0.15) is 5.26 Å². The fourth-order valence-electron chi connectivity index (χ4n) is 5.45. The largest absolute Gasteiger partial charge is 0.488 e. The predicted octanol–water partition coefficient (Wildman–Crippen LogP) is 5.01. The highest BCUT2D eigenvalue weighted by Crippen LogP contribution is 2.38. The Balaban J connectivity index is 1.29. The maximum absolute atomic E-state index is 12.4. The first-order valence-corrected chi connectivity index (χ1v) is 15.5. The second kappa shape index (κ2) is 14.8. The van der Waals surface area contributed by atoms with E-state index in [-0.39, 0.29) is 26.4 Å². The van der Waals surface area contributed by atoms with E-state index in [1.165, 1.54) is 0 Å². The molecule has 0 unspecified atom stereocenters. The Morgan fingerprint density at radius 2 is 1.77 bits per heavy atom. The minimum atomic E-state index is -0.972. The van der Waals surface area contributed by atoms with Gasteiger partial charge in [-0.15, -0.1) is 0 Å². The molecule has 4 aromatic carbocycles. The van der Waals surface area contributed by atoms with Crippen molar-refractivity contribution in [2.45, 2.75) is 39.6 Å². The maximum atomic E-state index is 12.4. The SMILES string of the molecule is CCOC(=O)[C@@H](CO)NCc1c(OCc2cccc(C#N)c2)cc(OCc2cccc(-c3ccc4c(c3)OCCO4)c2C)c2nonc12. The van der Waals surface area contributed by atoms with Crippen molar-refractivity contribution in [2.75, 3.05) is 26.4 Å². The zero-order chi connectivity index (χ0) is 33.5. The molecule has 0 saturated heterocycles. The monoisotopic (exact) mass is 650 g/mol. The van der Waals surface area contributed by atoms with Gasteiger partial charge >= 0.3 is 5.97 Å². The van der Waals surface area contributed by atoms with Gasteiger partial charge in [0.15, 0.2) is 22.8 Å². The third-order valence-electron chi connectivity index (χ3n) is 7.98. The fraction of sp³-hybridized carbons (Fsp3) is 0.278. The molecule has 0 spiro atoms. The number of carbonyl (C=O) groups excluding carboxylic acids is 1.